The van der Waals surface area contributed by atoms with Gasteiger partial charge in [0, 0.05) is 11.5 Å². The van der Waals surface area contributed by atoms with Crippen molar-refractivity contribution in [2.75, 3.05) is 6.54 Å². The largest absolute Gasteiger partial charge is 0.384 e. The number of ketones is 1. The summed E-state index contributed by atoms with van der Waals surface area (Å²) in [6, 6.07) is 20.1. The lowest BCUT2D eigenvalue weighted by atomic mass is 9.84. The Morgan fingerprint density at radius 2 is 1.57 bits per heavy atom. The summed E-state index contributed by atoms with van der Waals surface area (Å²) in [4.78, 5) is 27.8. The number of nitrogens with two attached hydrogens (primary N) is 2. The van der Waals surface area contributed by atoms with Crippen LogP contribution in [0.5, 0.6) is 0 Å². The van der Waals surface area contributed by atoms with Crippen molar-refractivity contribution in [2.24, 2.45) is 10.9 Å². The fourth-order valence-electron chi connectivity index (χ4n) is 5.20. The number of Topliss-reactive ketones (excluding diaryl/α,β-unsaturated/α-hetero) is 1. The highest BCUT2D eigenvalue weighted by Gasteiger charge is 2.38. The minimum absolute atomic E-state index is 0.112. The Bertz CT molecular complexity index is 1440. The Hall–Kier alpha value is -3.90. The number of nitrogens with one attached hydrogen (secondary N) is 4. The third kappa shape index (κ3) is 6.99. The standard InChI is InChI=1S/C29H34N6O4S/c1-18-17-21(14-15-22(18)28(30)31)25(27(36)23-13-8-16-33-23)34-29(37)26(35-40(32,38)39)24(19-9-4-2-5-10-19)20-11-6-3-7-12-20/h2-7,9-12,14-15,17,23-26,33,35H,8,13,16H2,1H3,(H3,30,31)(H,34,37)(H2,32,38,39)/t23-,25?,26+/m0/s1. The molecule has 8 N–H and O–H groups in total. The van der Waals surface area contributed by atoms with E-state index in [0.29, 0.717) is 40.8 Å². The zero-order valence-corrected chi connectivity index (χ0v) is 22.9. The Labute approximate surface area is 234 Å². The smallest absolute Gasteiger partial charge is 0.275 e. The zero-order valence-electron chi connectivity index (χ0n) is 22.1. The summed E-state index contributed by atoms with van der Waals surface area (Å²) >= 11 is 0. The van der Waals surface area contributed by atoms with Crippen molar-refractivity contribution in [3.63, 3.8) is 0 Å². The lowest BCUT2D eigenvalue weighted by Gasteiger charge is -2.30. The molecule has 10 nitrogen and oxygen atoms in total. The van der Waals surface area contributed by atoms with E-state index in [4.69, 9.17) is 16.3 Å². The van der Waals surface area contributed by atoms with Gasteiger partial charge in [0.1, 0.15) is 17.9 Å². The van der Waals surface area contributed by atoms with Gasteiger partial charge < -0.3 is 16.4 Å². The number of carbonyl (C=O) groups is 2. The van der Waals surface area contributed by atoms with Crippen molar-refractivity contribution < 1.29 is 18.0 Å². The molecule has 1 heterocycles. The lowest BCUT2D eigenvalue weighted by molar-refractivity contribution is -0.130. The molecule has 1 aliphatic heterocycles. The molecular formula is C29H34N6O4S. The van der Waals surface area contributed by atoms with Crippen molar-refractivity contribution in [3.05, 3.63) is 107 Å². The molecule has 0 aliphatic carbocycles. The van der Waals surface area contributed by atoms with Crippen LogP contribution in [0.25, 0.3) is 0 Å². The molecule has 1 fully saturated rings. The monoisotopic (exact) mass is 562 g/mol. The first-order valence-corrected chi connectivity index (χ1v) is 14.5. The van der Waals surface area contributed by atoms with Crippen LogP contribution >= 0.6 is 0 Å². The number of aryl methyl sites for hydroxylation is 1. The van der Waals surface area contributed by atoms with E-state index in [0.717, 1.165) is 6.42 Å². The van der Waals surface area contributed by atoms with Gasteiger partial charge in [-0.1, -0.05) is 78.9 Å². The molecule has 0 saturated carbocycles. The van der Waals surface area contributed by atoms with E-state index in [1.807, 2.05) is 12.1 Å². The fourth-order valence-corrected chi connectivity index (χ4v) is 5.79. The maximum Gasteiger partial charge on any atom is 0.275 e. The average molecular weight is 563 g/mol. The summed E-state index contributed by atoms with van der Waals surface area (Å²) in [6.07, 6.45) is 1.43. The molecule has 1 amide bonds. The van der Waals surface area contributed by atoms with Crippen LogP contribution in [0.15, 0.2) is 78.9 Å². The van der Waals surface area contributed by atoms with E-state index in [1.54, 1.807) is 73.7 Å². The number of benzene rings is 3. The molecule has 0 bridgehead atoms. The van der Waals surface area contributed by atoms with Gasteiger partial charge in [0.25, 0.3) is 10.2 Å². The Morgan fingerprint density at radius 1 is 0.975 bits per heavy atom. The highest BCUT2D eigenvalue weighted by molar-refractivity contribution is 7.87. The Morgan fingerprint density at radius 3 is 2.05 bits per heavy atom. The van der Waals surface area contributed by atoms with Gasteiger partial charge in [-0.15, -0.1) is 0 Å². The third-order valence-corrected chi connectivity index (χ3v) is 7.66. The molecule has 0 spiro atoms. The second-order valence-electron chi connectivity index (χ2n) is 9.92. The van der Waals surface area contributed by atoms with Crippen LogP contribution in [0.4, 0.5) is 0 Å². The van der Waals surface area contributed by atoms with Crippen LogP contribution in [0, 0.1) is 12.3 Å². The number of amidine groups is 1. The van der Waals surface area contributed by atoms with Crippen molar-refractivity contribution in [1.82, 2.24) is 15.4 Å². The summed E-state index contributed by atoms with van der Waals surface area (Å²) in [5.41, 5.74) is 8.74. The van der Waals surface area contributed by atoms with Gasteiger partial charge in [-0.2, -0.15) is 13.1 Å². The Balaban J connectivity index is 1.78. The third-order valence-electron chi connectivity index (χ3n) is 7.07. The number of amides is 1. The van der Waals surface area contributed by atoms with Gasteiger partial charge >= 0.3 is 0 Å². The molecular weight excluding hydrogens is 528 g/mol. The van der Waals surface area contributed by atoms with Crippen molar-refractivity contribution in [3.8, 4) is 0 Å². The molecule has 11 heteroatoms. The van der Waals surface area contributed by atoms with Crippen LogP contribution in [0.3, 0.4) is 0 Å². The van der Waals surface area contributed by atoms with Gasteiger partial charge in [0.2, 0.25) is 5.91 Å². The number of nitrogen functional groups attached to an aromatic ring is 1. The molecule has 3 aromatic rings. The van der Waals surface area contributed by atoms with Crippen LogP contribution in [-0.2, 0) is 19.8 Å². The fraction of sp³-hybridized carbons (Fsp3) is 0.276. The predicted molar refractivity (Wildman–Crippen MR) is 154 cm³/mol. The second-order valence-corrected chi connectivity index (χ2v) is 11.2. The summed E-state index contributed by atoms with van der Waals surface area (Å²) in [5.74, 6) is -1.81. The molecule has 0 radical (unpaired) electrons. The van der Waals surface area contributed by atoms with Crippen LogP contribution in [0.2, 0.25) is 0 Å². The summed E-state index contributed by atoms with van der Waals surface area (Å²) in [6.45, 7) is 2.45. The molecule has 210 valence electrons. The predicted octanol–water partition coefficient (Wildman–Crippen LogP) is 1.75. The number of rotatable bonds is 11. The van der Waals surface area contributed by atoms with Crippen LogP contribution in [0.1, 0.15) is 52.6 Å². The van der Waals surface area contributed by atoms with E-state index < -0.39 is 40.2 Å². The number of hydrogen-bond acceptors (Lipinski definition) is 6. The van der Waals surface area contributed by atoms with E-state index in [-0.39, 0.29) is 11.6 Å². The normalized spacial score (nSPS) is 16.8. The maximum atomic E-state index is 14.1. The molecule has 4 rings (SSSR count). The molecule has 1 aliphatic rings. The SMILES string of the molecule is Cc1cc(C(NC(=O)[C@H](NS(N)(=O)=O)C(c2ccccc2)c2ccccc2)C(=O)[C@@H]2CCCN2)ccc1C(=N)N. The quantitative estimate of drug-likeness (QED) is 0.153. The number of hydrogen-bond donors (Lipinski definition) is 6. The maximum absolute atomic E-state index is 14.1. The first kappa shape index (κ1) is 29.1. The van der Waals surface area contributed by atoms with E-state index in [2.05, 4.69) is 15.4 Å². The topological polar surface area (TPSA) is 180 Å². The summed E-state index contributed by atoms with van der Waals surface area (Å²) in [7, 11) is -4.33. The molecule has 3 atom stereocenters. The van der Waals surface area contributed by atoms with E-state index >= 15 is 0 Å². The van der Waals surface area contributed by atoms with Gasteiger partial charge in [-0.3, -0.25) is 15.0 Å². The first-order chi connectivity index (χ1) is 19.0. The average Bonchev–Trinajstić information content (AvgIpc) is 3.46. The molecule has 0 aromatic heterocycles. The Kier molecular flexibility index (Phi) is 9.10. The van der Waals surface area contributed by atoms with Crippen molar-refractivity contribution >= 4 is 27.7 Å². The minimum Gasteiger partial charge on any atom is -0.384 e. The highest BCUT2D eigenvalue weighted by Crippen LogP contribution is 2.30. The number of carbonyl (C=O) groups excluding carboxylic acids is 2. The minimum atomic E-state index is -4.33. The van der Waals surface area contributed by atoms with Crippen molar-refractivity contribution in [2.45, 2.75) is 43.8 Å². The molecule has 1 saturated heterocycles. The zero-order chi connectivity index (χ0) is 28.9. The van der Waals surface area contributed by atoms with Gasteiger partial charge in [0.05, 0.1) is 6.04 Å². The summed E-state index contributed by atoms with van der Waals surface area (Å²) < 4.78 is 27.0. The highest BCUT2D eigenvalue weighted by atomic mass is 32.2. The van der Waals surface area contributed by atoms with Crippen molar-refractivity contribution in [1.29, 1.82) is 5.41 Å². The van der Waals surface area contributed by atoms with Crippen LogP contribution < -0.4 is 26.2 Å². The molecule has 1 unspecified atom stereocenters. The lowest BCUT2D eigenvalue weighted by Crippen LogP contribution is -2.54. The van der Waals surface area contributed by atoms with Gasteiger partial charge in [0.15, 0.2) is 5.78 Å². The second kappa shape index (κ2) is 12.5. The first-order valence-electron chi connectivity index (χ1n) is 13.0. The van der Waals surface area contributed by atoms with Gasteiger partial charge in [-0.25, -0.2) is 5.14 Å². The molecule has 3 aromatic carbocycles. The molecule has 40 heavy (non-hydrogen) atoms. The summed E-state index contributed by atoms with van der Waals surface area (Å²) in [5, 5.41) is 19.2. The van der Waals surface area contributed by atoms with E-state index in [1.165, 1.54) is 0 Å². The van der Waals surface area contributed by atoms with E-state index in [9.17, 15) is 18.0 Å². The van der Waals surface area contributed by atoms with Gasteiger partial charge in [-0.05, 0) is 48.6 Å². The van der Waals surface area contributed by atoms with Crippen LogP contribution in [-0.4, -0.2) is 44.6 Å².